The number of hydrogen-bond acceptors (Lipinski definition) is 3. The van der Waals surface area contributed by atoms with Gasteiger partial charge in [-0.15, -0.1) is 0 Å². The maximum absolute atomic E-state index is 11.3. The first-order valence-corrected chi connectivity index (χ1v) is 5.02. The summed E-state index contributed by atoms with van der Waals surface area (Å²) in [5.74, 6) is -1.07. The predicted molar refractivity (Wildman–Crippen MR) is 56.4 cm³/mol. The molecule has 6 heteroatoms. The van der Waals surface area contributed by atoms with Crippen LogP contribution in [-0.2, 0) is 17.8 Å². The molecule has 2 N–H and O–H groups in total. The number of carbonyl (C=O) groups is 1. The average molecular weight is 235 g/mol. The fourth-order valence-electron chi connectivity index (χ4n) is 1.53. The van der Waals surface area contributed by atoms with Crippen LogP contribution in [0.15, 0.2) is 39.6 Å². The third-order valence-electron chi connectivity index (χ3n) is 2.31. The Bertz CT molecular complexity index is 571. The molecule has 0 bridgehead atoms. The van der Waals surface area contributed by atoms with E-state index in [0.29, 0.717) is 6.54 Å². The molecule has 0 aliphatic carbocycles. The van der Waals surface area contributed by atoms with Gasteiger partial charge in [-0.25, -0.2) is 4.79 Å². The van der Waals surface area contributed by atoms with Crippen LogP contribution in [0.5, 0.6) is 0 Å². The van der Waals surface area contributed by atoms with Gasteiger partial charge in [0.25, 0.3) is 0 Å². The van der Waals surface area contributed by atoms with Gasteiger partial charge in [-0.2, -0.15) is 0 Å². The van der Waals surface area contributed by atoms with Gasteiger partial charge in [0.05, 0.1) is 0 Å². The van der Waals surface area contributed by atoms with Crippen LogP contribution in [0.1, 0.15) is 11.3 Å². The SMILES string of the molecule is O=C(O)Cc1c(=O)o[nH][n+]1Cc1ccccc1. The number of aliphatic carboxylic acids is 1. The molecular weight excluding hydrogens is 224 g/mol. The number of aromatic nitrogens is 2. The Labute approximate surface area is 96.1 Å². The van der Waals surface area contributed by atoms with Gasteiger partial charge < -0.3 is 5.11 Å². The van der Waals surface area contributed by atoms with Gasteiger partial charge in [0.1, 0.15) is 6.42 Å². The summed E-state index contributed by atoms with van der Waals surface area (Å²) in [7, 11) is 0. The van der Waals surface area contributed by atoms with E-state index in [4.69, 9.17) is 5.11 Å². The summed E-state index contributed by atoms with van der Waals surface area (Å²) in [6.45, 7) is 0.370. The van der Waals surface area contributed by atoms with Crippen molar-refractivity contribution in [3.8, 4) is 0 Å². The molecule has 0 fully saturated rings. The van der Waals surface area contributed by atoms with E-state index >= 15 is 0 Å². The molecule has 1 aromatic heterocycles. The van der Waals surface area contributed by atoms with Gasteiger partial charge in [-0.3, -0.25) is 9.32 Å². The molecule has 1 aromatic carbocycles. The molecule has 2 rings (SSSR count). The molecule has 1 heterocycles. The average Bonchev–Trinajstić information content (AvgIpc) is 2.62. The normalized spacial score (nSPS) is 10.4. The molecule has 0 saturated carbocycles. The first-order chi connectivity index (χ1) is 8.16. The third-order valence-corrected chi connectivity index (χ3v) is 2.31. The third kappa shape index (κ3) is 2.60. The zero-order chi connectivity index (χ0) is 12.3. The van der Waals surface area contributed by atoms with Crippen molar-refractivity contribution in [1.29, 1.82) is 0 Å². The van der Waals surface area contributed by atoms with Crippen LogP contribution in [0.3, 0.4) is 0 Å². The highest BCUT2D eigenvalue weighted by Gasteiger charge is 2.23. The minimum Gasteiger partial charge on any atom is -0.481 e. The summed E-state index contributed by atoms with van der Waals surface area (Å²) in [6, 6.07) is 9.37. The van der Waals surface area contributed by atoms with Crippen molar-refractivity contribution in [1.82, 2.24) is 5.27 Å². The summed E-state index contributed by atoms with van der Waals surface area (Å²) in [5.41, 5.74) is 0.394. The van der Waals surface area contributed by atoms with E-state index in [1.54, 1.807) is 0 Å². The van der Waals surface area contributed by atoms with Gasteiger partial charge in [-0.1, -0.05) is 35.0 Å². The van der Waals surface area contributed by atoms with Crippen LogP contribution in [0.4, 0.5) is 0 Å². The van der Waals surface area contributed by atoms with Crippen LogP contribution in [0, 0.1) is 0 Å². The molecule has 6 nitrogen and oxygen atoms in total. The van der Waals surface area contributed by atoms with Crippen molar-refractivity contribution < 1.29 is 19.1 Å². The fraction of sp³-hybridized carbons (Fsp3) is 0.182. The Balaban J connectivity index is 2.27. The second-order valence-electron chi connectivity index (χ2n) is 3.57. The number of carboxylic acid groups (broad SMARTS) is 1. The number of H-pyrrole nitrogens is 1. The summed E-state index contributed by atoms with van der Waals surface area (Å²) in [5, 5.41) is 11.1. The van der Waals surface area contributed by atoms with E-state index < -0.39 is 11.6 Å². The van der Waals surface area contributed by atoms with Gasteiger partial charge in [-0.05, 0) is 5.27 Å². The van der Waals surface area contributed by atoms with E-state index in [2.05, 4.69) is 9.79 Å². The number of nitrogens with one attached hydrogen (secondary N) is 1. The molecule has 0 aliphatic heterocycles. The number of benzene rings is 1. The molecule has 0 unspecified atom stereocenters. The lowest BCUT2D eigenvalue weighted by Crippen LogP contribution is -2.42. The number of aromatic amines is 1. The summed E-state index contributed by atoms with van der Waals surface area (Å²) in [6.07, 6.45) is -0.362. The lowest BCUT2D eigenvalue weighted by Gasteiger charge is -1.94. The van der Waals surface area contributed by atoms with Gasteiger partial charge in [0.15, 0.2) is 0 Å². The molecule has 88 valence electrons. The Morgan fingerprint density at radius 1 is 1.35 bits per heavy atom. The van der Waals surface area contributed by atoms with Crippen molar-refractivity contribution in [2.75, 3.05) is 0 Å². The first kappa shape index (κ1) is 11.1. The number of nitrogens with zero attached hydrogens (tertiary/aromatic N) is 1. The van der Waals surface area contributed by atoms with Gasteiger partial charge in [0.2, 0.25) is 6.54 Å². The van der Waals surface area contributed by atoms with Crippen molar-refractivity contribution in [2.24, 2.45) is 0 Å². The van der Waals surface area contributed by atoms with Crippen LogP contribution >= 0.6 is 0 Å². The van der Waals surface area contributed by atoms with Crippen LogP contribution < -0.4 is 10.3 Å². The lowest BCUT2D eigenvalue weighted by atomic mass is 10.2. The van der Waals surface area contributed by atoms with Crippen LogP contribution in [0.25, 0.3) is 0 Å². The number of rotatable bonds is 4. The van der Waals surface area contributed by atoms with E-state index in [1.165, 1.54) is 4.68 Å². The number of hydrogen-bond donors (Lipinski definition) is 2. The minimum atomic E-state index is -1.07. The molecule has 2 aromatic rings. The monoisotopic (exact) mass is 235 g/mol. The van der Waals surface area contributed by atoms with Gasteiger partial charge in [0, 0.05) is 5.56 Å². The highest BCUT2D eigenvalue weighted by molar-refractivity contribution is 5.68. The van der Waals surface area contributed by atoms with E-state index in [-0.39, 0.29) is 12.1 Å². The maximum Gasteiger partial charge on any atom is 0.430 e. The van der Waals surface area contributed by atoms with E-state index in [9.17, 15) is 9.59 Å². The first-order valence-electron chi connectivity index (χ1n) is 5.02. The predicted octanol–water partition coefficient (Wildman–Crippen LogP) is -0.0692. The molecule has 0 amide bonds. The van der Waals surface area contributed by atoms with Crippen molar-refractivity contribution in [3.63, 3.8) is 0 Å². The summed E-state index contributed by atoms with van der Waals surface area (Å²) < 4.78 is 5.98. The fourth-order valence-corrected chi connectivity index (χ4v) is 1.53. The molecule has 0 aliphatic rings. The second kappa shape index (κ2) is 4.65. The Hall–Kier alpha value is -2.37. The molecule has 0 saturated heterocycles. The lowest BCUT2D eigenvalue weighted by molar-refractivity contribution is -0.760. The summed E-state index contributed by atoms with van der Waals surface area (Å²) >= 11 is 0. The zero-order valence-corrected chi connectivity index (χ0v) is 8.92. The smallest absolute Gasteiger partial charge is 0.430 e. The van der Waals surface area contributed by atoms with Crippen LogP contribution in [-0.4, -0.2) is 16.3 Å². The highest BCUT2D eigenvalue weighted by atomic mass is 16.5. The maximum atomic E-state index is 11.3. The van der Waals surface area contributed by atoms with E-state index in [0.717, 1.165) is 5.56 Å². The summed E-state index contributed by atoms with van der Waals surface area (Å²) in [4.78, 5) is 21.9. The second-order valence-corrected chi connectivity index (χ2v) is 3.57. The molecule has 17 heavy (non-hydrogen) atoms. The zero-order valence-electron chi connectivity index (χ0n) is 8.92. The Kier molecular flexibility index (Phi) is 3.04. The van der Waals surface area contributed by atoms with Crippen molar-refractivity contribution in [2.45, 2.75) is 13.0 Å². The topological polar surface area (TPSA) is 87.2 Å². The molecule has 0 spiro atoms. The molecular formula is C11H11N2O4+. The largest absolute Gasteiger partial charge is 0.481 e. The minimum absolute atomic E-state index is 0.0985. The van der Waals surface area contributed by atoms with Crippen molar-refractivity contribution >= 4 is 5.97 Å². The van der Waals surface area contributed by atoms with Crippen molar-refractivity contribution in [3.05, 3.63) is 52.0 Å². The molecule has 0 radical (unpaired) electrons. The Morgan fingerprint density at radius 3 is 2.71 bits per heavy atom. The van der Waals surface area contributed by atoms with Crippen LogP contribution in [0.2, 0.25) is 0 Å². The number of carboxylic acids is 1. The molecule has 0 atom stereocenters. The quantitative estimate of drug-likeness (QED) is 0.726. The van der Waals surface area contributed by atoms with Gasteiger partial charge >= 0.3 is 17.3 Å². The Morgan fingerprint density at radius 2 is 2.06 bits per heavy atom. The highest BCUT2D eigenvalue weighted by Crippen LogP contribution is 1.97. The van der Waals surface area contributed by atoms with E-state index in [1.807, 2.05) is 30.3 Å². The standard InChI is InChI=1S/C11H10N2O4/c14-10(15)6-9-11(16)17-12-13(9)7-8-4-2-1-3-5-8/h1-5H,6-7H2,(H-,12,14,15,16)/p+1.